The zero-order chi connectivity index (χ0) is 8.81. The van der Waals surface area contributed by atoms with Crippen LogP contribution in [0.3, 0.4) is 0 Å². The van der Waals surface area contributed by atoms with Crippen molar-refractivity contribution in [2.75, 3.05) is 13.1 Å². The van der Waals surface area contributed by atoms with E-state index in [0.29, 0.717) is 5.88 Å². The zero-order valence-electron chi connectivity index (χ0n) is 7.05. The first kappa shape index (κ1) is 9.06. The minimum absolute atomic E-state index is 0.224. The van der Waals surface area contributed by atoms with E-state index in [1.807, 2.05) is 0 Å². The molecule has 1 saturated heterocycles. The highest BCUT2D eigenvalue weighted by molar-refractivity contribution is 5.68. The number of hydrogen-bond donors (Lipinski definition) is 3. The Morgan fingerprint density at radius 2 is 2.17 bits per heavy atom. The Morgan fingerprint density at radius 3 is 2.75 bits per heavy atom. The lowest BCUT2D eigenvalue weighted by atomic mass is 10.1. The molecule has 1 fully saturated rings. The molecule has 0 radical (unpaired) electrons. The van der Waals surface area contributed by atoms with E-state index < -0.39 is 0 Å². The van der Waals surface area contributed by atoms with Crippen molar-refractivity contribution in [1.82, 2.24) is 5.32 Å². The van der Waals surface area contributed by atoms with Gasteiger partial charge in [0.1, 0.15) is 6.10 Å². The molecular weight excluding hydrogens is 154 g/mol. The molecule has 4 N–H and O–H groups in total. The number of nitrogens with two attached hydrogens (primary N) is 1. The largest absolute Gasteiger partial charge is 0.476 e. The highest BCUT2D eigenvalue weighted by atomic mass is 16.5. The second-order valence-electron chi connectivity index (χ2n) is 2.80. The van der Waals surface area contributed by atoms with Crippen LogP contribution in [-0.2, 0) is 4.74 Å². The van der Waals surface area contributed by atoms with Gasteiger partial charge in [0.05, 0.1) is 0 Å². The molecule has 1 aliphatic rings. The van der Waals surface area contributed by atoms with Gasteiger partial charge in [-0.2, -0.15) is 0 Å². The molecule has 0 spiro atoms. The van der Waals surface area contributed by atoms with Crippen LogP contribution in [-0.4, -0.2) is 25.4 Å². The molecule has 0 aromatic carbocycles. The van der Waals surface area contributed by atoms with Crippen molar-refractivity contribution in [3.63, 3.8) is 0 Å². The Morgan fingerprint density at radius 1 is 1.50 bits per heavy atom. The molecule has 4 heteroatoms. The fourth-order valence-corrected chi connectivity index (χ4v) is 1.23. The van der Waals surface area contributed by atoms with Gasteiger partial charge >= 0.3 is 0 Å². The standard InChI is InChI=1S/C8H15N3O/c9-4-1-8(10)12-7-2-5-11-6-3-7/h1,4,7,9,11H,2-3,5-6,10H2/b8-1+,9-4?. The Kier molecular flexibility index (Phi) is 3.60. The lowest BCUT2D eigenvalue weighted by Crippen LogP contribution is -2.33. The fraction of sp³-hybridized carbons (Fsp3) is 0.625. The summed E-state index contributed by atoms with van der Waals surface area (Å²) in [6, 6.07) is 0. The first-order chi connectivity index (χ1) is 5.83. The minimum Gasteiger partial charge on any atom is -0.476 e. The third-order valence-corrected chi connectivity index (χ3v) is 1.84. The molecule has 1 rings (SSSR count). The zero-order valence-corrected chi connectivity index (χ0v) is 7.05. The summed E-state index contributed by atoms with van der Waals surface area (Å²) in [5.41, 5.74) is 5.48. The molecule has 0 atom stereocenters. The van der Waals surface area contributed by atoms with Gasteiger partial charge in [-0.15, -0.1) is 0 Å². The van der Waals surface area contributed by atoms with Crippen LogP contribution in [0.1, 0.15) is 12.8 Å². The van der Waals surface area contributed by atoms with Gasteiger partial charge in [0.15, 0.2) is 5.88 Å². The van der Waals surface area contributed by atoms with Gasteiger partial charge in [-0.1, -0.05) is 0 Å². The van der Waals surface area contributed by atoms with Gasteiger partial charge in [0.2, 0.25) is 0 Å². The lowest BCUT2D eigenvalue weighted by molar-refractivity contribution is 0.0868. The van der Waals surface area contributed by atoms with Crippen LogP contribution in [0.15, 0.2) is 12.0 Å². The third kappa shape index (κ3) is 2.92. The van der Waals surface area contributed by atoms with Crippen LogP contribution in [0.4, 0.5) is 0 Å². The normalized spacial score (nSPS) is 20.5. The highest BCUT2D eigenvalue weighted by Gasteiger charge is 2.13. The third-order valence-electron chi connectivity index (χ3n) is 1.84. The quantitative estimate of drug-likeness (QED) is 0.417. The molecule has 4 nitrogen and oxygen atoms in total. The number of allylic oxidation sites excluding steroid dienone is 1. The van der Waals surface area contributed by atoms with Crippen LogP contribution < -0.4 is 11.1 Å². The van der Waals surface area contributed by atoms with Crippen LogP contribution in [0.5, 0.6) is 0 Å². The van der Waals surface area contributed by atoms with E-state index in [1.54, 1.807) is 0 Å². The number of hydrogen-bond acceptors (Lipinski definition) is 4. The lowest BCUT2D eigenvalue weighted by Gasteiger charge is -2.23. The van der Waals surface area contributed by atoms with Crippen LogP contribution in [0.25, 0.3) is 0 Å². The Bertz CT molecular complexity index is 173. The van der Waals surface area contributed by atoms with Gasteiger partial charge in [-0.3, -0.25) is 0 Å². The molecule has 0 aromatic rings. The average Bonchev–Trinajstić information content (AvgIpc) is 2.06. The van der Waals surface area contributed by atoms with E-state index >= 15 is 0 Å². The van der Waals surface area contributed by atoms with Crippen molar-refractivity contribution in [2.45, 2.75) is 18.9 Å². The minimum atomic E-state index is 0.224. The van der Waals surface area contributed by atoms with Crippen molar-refractivity contribution in [3.05, 3.63) is 12.0 Å². The number of rotatable bonds is 3. The first-order valence-electron chi connectivity index (χ1n) is 4.16. The molecule has 0 saturated carbocycles. The van der Waals surface area contributed by atoms with Crippen molar-refractivity contribution < 1.29 is 4.74 Å². The van der Waals surface area contributed by atoms with Crippen molar-refractivity contribution in [1.29, 1.82) is 5.41 Å². The Hall–Kier alpha value is -1.03. The summed E-state index contributed by atoms with van der Waals surface area (Å²) in [6.07, 6.45) is 4.81. The van der Waals surface area contributed by atoms with E-state index in [0.717, 1.165) is 32.1 Å². The maximum Gasteiger partial charge on any atom is 0.185 e. The molecule has 0 bridgehead atoms. The monoisotopic (exact) mass is 169 g/mol. The van der Waals surface area contributed by atoms with E-state index in [4.69, 9.17) is 15.9 Å². The Labute approximate surface area is 72.3 Å². The molecule has 0 aliphatic carbocycles. The van der Waals surface area contributed by atoms with Crippen molar-refractivity contribution >= 4 is 6.21 Å². The summed E-state index contributed by atoms with van der Waals surface area (Å²) >= 11 is 0. The molecule has 68 valence electrons. The maximum absolute atomic E-state index is 6.78. The van der Waals surface area contributed by atoms with Gasteiger partial charge < -0.3 is 21.2 Å². The average molecular weight is 169 g/mol. The molecule has 0 unspecified atom stereocenters. The van der Waals surface area contributed by atoms with E-state index in [-0.39, 0.29) is 6.10 Å². The predicted molar refractivity (Wildman–Crippen MR) is 48.0 cm³/mol. The SMILES string of the molecule is N=C/C=C(\N)OC1CCNCC1. The van der Waals surface area contributed by atoms with E-state index in [1.165, 1.54) is 6.08 Å². The first-order valence-corrected chi connectivity index (χ1v) is 4.16. The summed E-state index contributed by atoms with van der Waals surface area (Å²) in [5.74, 6) is 0.344. The second-order valence-corrected chi connectivity index (χ2v) is 2.80. The topological polar surface area (TPSA) is 71.1 Å². The maximum atomic E-state index is 6.78. The second kappa shape index (κ2) is 4.77. The number of nitrogens with one attached hydrogen (secondary N) is 2. The Balaban J connectivity index is 2.28. The number of piperidine rings is 1. The summed E-state index contributed by atoms with van der Waals surface area (Å²) in [5, 5.41) is 10.0. The summed E-state index contributed by atoms with van der Waals surface area (Å²) in [4.78, 5) is 0. The smallest absolute Gasteiger partial charge is 0.185 e. The summed E-state index contributed by atoms with van der Waals surface area (Å²) in [7, 11) is 0. The fourth-order valence-electron chi connectivity index (χ4n) is 1.23. The van der Waals surface area contributed by atoms with Crippen molar-refractivity contribution in [2.24, 2.45) is 5.73 Å². The molecule has 1 aliphatic heterocycles. The van der Waals surface area contributed by atoms with Gasteiger partial charge in [0, 0.05) is 12.3 Å². The predicted octanol–water partition coefficient (Wildman–Crippen LogP) is 0.205. The van der Waals surface area contributed by atoms with Crippen LogP contribution in [0.2, 0.25) is 0 Å². The van der Waals surface area contributed by atoms with Gasteiger partial charge in [-0.25, -0.2) is 0 Å². The van der Waals surface area contributed by atoms with E-state index in [2.05, 4.69) is 5.32 Å². The van der Waals surface area contributed by atoms with E-state index in [9.17, 15) is 0 Å². The highest BCUT2D eigenvalue weighted by Crippen LogP contribution is 2.08. The van der Waals surface area contributed by atoms with Gasteiger partial charge in [0.25, 0.3) is 0 Å². The van der Waals surface area contributed by atoms with Gasteiger partial charge in [-0.05, 0) is 25.9 Å². The molecule has 1 heterocycles. The summed E-state index contributed by atoms with van der Waals surface area (Å²) in [6.45, 7) is 1.98. The summed E-state index contributed by atoms with van der Waals surface area (Å²) < 4.78 is 5.38. The molecule has 0 amide bonds. The van der Waals surface area contributed by atoms with Crippen LogP contribution >= 0.6 is 0 Å². The van der Waals surface area contributed by atoms with Crippen molar-refractivity contribution in [3.8, 4) is 0 Å². The molecule has 12 heavy (non-hydrogen) atoms. The molecule has 0 aromatic heterocycles. The molecular formula is C8H15N3O. The number of ether oxygens (including phenoxy) is 1. The van der Waals surface area contributed by atoms with Crippen LogP contribution in [0, 0.1) is 5.41 Å².